The summed E-state index contributed by atoms with van der Waals surface area (Å²) in [5.41, 5.74) is 23.4. The molecule has 296 valence electrons. The molecule has 2 radical (unpaired) electrons. The van der Waals surface area contributed by atoms with Crippen LogP contribution in [0.15, 0.2) is 108 Å². The monoisotopic (exact) mass is 986 g/mol. The third kappa shape index (κ3) is 17.3. The first-order valence-electron chi connectivity index (χ1n) is 17.4. The molecule has 16 heteroatoms. The van der Waals surface area contributed by atoms with E-state index in [0.29, 0.717) is 23.8 Å². The van der Waals surface area contributed by atoms with Crippen molar-refractivity contribution in [1.82, 2.24) is 0 Å². The van der Waals surface area contributed by atoms with Gasteiger partial charge >= 0.3 is 0 Å². The van der Waals surface area contributed by atoms with E-state index in [1.165, 1.54) is 0 Å². The summed E-state index contributed by atoms with van der Waals surface area (Å²) in [5, 5.41) is 0. The molecule has 4 aromatic carbocycles. The van der Waals surface area contributed by atoms with Gasteiger partial charge in [0.15, 0.2) is 29.7 Å². The van der Waals surface area contributed by atoms with Crippen molar-refractivity contribution >= 4 is 165 Å². The van der Waals surface area contributed by atoms with Gasteiger partial charge in [0, 0.05) is 25.7 Å². The minimum absolute atomic E-state index is 0.228. The SMILES string of the molecule is NC([B]CCCC[B]C(N)=C(c1cccc(CC(Cl)(Cl)Cl)c1)c1cccc(CC(Cl)(Cl)Cl)c1)=C(c1cccc(CC(Cl)(Cl)Cl)c1)c1cccc(CC(Cl)(Cl)Cl)c1. The number of alkyl halides is 12. The van der Waals surface area contributed by atoms with Crippen LogP contribution in [0.3, 0.4) is 0 Å². The molecule has 0 bridgehead atoms. The average molecular weight is 992 g/mol. The number of hydrogen-bond acceptors (Lipinski definition) is 2. The quantitative estimate of drug-likeness (QED) is 0.0708. The smallest absolute Gasteiger partial charge is 0.194 e. The zero-order chi connectivity index (χ0) is 41.3. The van der Waals surface area contributed by atoms with Crippen LogP contribution in [0.2, 0.25) is 12.6 Å². The molecule has 0 fully saturated rings. The second-order valence-electron chi connectivity index (χ2n) is 13.3. The topological polar surface area (TPSA) is 52.0 Å². The maximum absolute atomic E-state index is 6.85. The van der Waals surface area contributed by atoms with Crippen molar-refractivity contribution in [2.24, 2.45) is 11.5 Å². The van der Waals surface area contributed by atoms with Crippen LogP contribution in [0.1, 0.15) is 57.3 Å². The number of unbranched alkanes of at least 4 members (excludes halogenated alkanes) is 1. The lowest BCUT2D eigenvalue weighted by atomic mass is 9.63. The third-order valence-corrected chi connectivity index (χ3v) is 10.0. The molecular weight excluding hydrogens is 956 g/mol. The Hall–Kier alpha value is -0.430. The van der Waals surface area contributed by atoms with E-state index in [2.05, 4.69) is 0 Å². The van der Waals surface area contributed by atoms with Gasteiger partial charge < -0.3 is 11.5 Å². The predicted octanol–water partition coefficient (Wildman–Crippen LogP) is 14.4. The van der Waals surface area contributed by atoms with E-state index >= 15 is 0 Å². The fourth-order valence-electron chi connectivity index (χ4n) is 6.28. The van der Waals surface area contributed by atoms with Crippen LogP contribution in [0, 0.1) is 0 Å². The summed E-state index contributed by atoms with van der Waals surface area (Å²) < 4.78 is -5.81. The minimum Gasteiger partial charge on any atom is -0.410 e. The average Bonchev–Trinajstić information content (AvgIpc) is 3.04. The fraction of sp³-hybridized carbons (Fsp3) is 0.300. The van der Waals surface area contributed by atoms with Crippen molar-refractivity contribution in [3.05, 3.63) is 153 Å². The predicted molar refractivity (Wildman–Crippen MR) is 253 cm³/mol. The molecule has 0 aliphatic carbocycles. The summed E-state index contributed by atoms with van der Waals surface area (Å²) in [6.07, 6.45) is 4.01. The molecule has 0 amide bonds. The van der Waals surface area contributed by atoms with Crippen molar-refractivity contribution in [2.45, 2.75) is 66.3 Å². The van der Waals surface area contributed by atoms with Gasteiger partial charge in [-0.15, -0.1) is 0 Å². The highest BCUT2D eigenvalue weighted by Crippen LogP contribution is 2.37. The van der Waals surface area contributed by atoms with Gasteiger partial charge in [-0.05, 0) is 66.8 Å². The Kier molecular flexibility index (Phi) is 18.4. The van der Waals surface area contributed by atoms with Crippen LogP contribution >= 0.6 is 139 Å². The summed E-state index contributed by atoms with van der Waals surface area (Å²) in [6.45, 7) is 0. The molecule has 0 aliphatic heterocycles. The molecule has 4 aromatic rings. The van der Waals surface area contributed by atoms with Crippen LogP contribution in [-0.4, -0.2) is 29.7 Å². The molecule has 0 aliphatic rings. The summed E-state index contributed by atoms with van der Waals surface area (Å²) in [5.74, 6) is 0. The Labute approximate surface area is 391 Å². The lowest BCUT2D eigenvalue weighted by Crippen LogP contribution is -2.13. The fourth-order valence-corrected chi connectivity index (χ4v) is 8.13. The van der Waals surface area contributed by atoms with E-state index in [1.807, 2.05) is 112 Å². The molecule has 0 spiro atoms. The Morgan fingerprint density at radius 3 is 0.839 bits per heavy atom. The van der Waals surface area contributed by atoms with Crippen LogP contribution in [-0.2, 0) is 25.7 Å². The van der Waals surface area contributed by atoms with Gasteiger partial charge in [0.1, 0.15) is 0 Å². The first kappa shape index (κ1) is 48.2. The molecule has 0 aromatic heterocycles. The van der Waals surface area contributed by atoms with Crippen LogP contribution in [0.5, 0.6) is 0 Å². The van der Waals surface area contributed by atoms with E-state index in [1.54, 1.807) is 0 Å². The Balaban J connectivity index is 1.55. The lowest BCUT2D eigenvalue weighted by Gasteiger charge is -2.18. The maximum Gasteiger partial charge on any atom is 0.194 e. The standard InChI is InChI=1S/C40H36B2Cl12N2/c43-37(44,45)21-25-7-3-11-29(17-25)33(30-12-4-8-26(18-30)22-38(46,47)48)35(55)41-15-1-2-16-42-36(56)34(31-13-5-9-27(19-31)23-39(49,50)51)32-14-6-10-28(20-32)24-40(52,53)54/h3-14,17-20H,1-2,15-16,21-24,55-56H2. The molecule has 56 heavy (non-hydrogen) atoms. The van der Waals surface area contributed by atoms with Gasteiger partial charge in [0.05, 0.1) is 0 Å². The van der Waals surface area contributed by atoms with E-state index in [9.17, 15) is 0 Å². The summed E-state index contributed by atoms with van der Waals surface area (Å²) in [7, 11) is 4.05. The number of benzene rings is 4. The molecule has 0 saturated carbocycles. The van der Waals surface area contributed by atoms with Crippen molar-refractivity contribution in [1.29, 1.82) is 0 Å². The minimum atomic E-state index is -1.45. The Morgan fingerprint density at radius 2 is 0.625 bits per heavy atom. The van der Waals surface area contributed by atoms with E-state index < -0.39 is 15.2 Å². The zero-order valence-electron chi connectivity index (χ0n) is 29.7. The van der Waals surface area contributed by atoms with Gasteiger partial charge in [-0.1, -0.05) is 262 Å². The highest BCUT2D eigenvalue weighted by atomic mass is 35.6. The highest BCUT2D eigenvalue weighted by molar-refractivity contribution is 6.69. The van der Waals surface area contributed by atoms with Crippen LogP contribution in [0.4, 0.5) is 0 Å². The number of hydrogen-bond donors (Lipinski definition) is 2. The molecule has 2 nitrogen and oxygen atoms in total. The number of nitrogens with two attached hydrogens (primary N) is 2. The van der Waals surface area contributed by atoms with Crippen molar-refractivity contribution in [3.8, 4) is 0 Å². The van der Waals surface area contributed by atoms with E-state index in [0.717, 1.165) is 68.5 Å². The second kappa shape index (κ2) is 21.4. The summed E-state index contributed by atoms with van der Waals surface area (Å²) >= 11 is 73.6. The van der Waals surface area contributed by atoms with E-state index in [4.69, 9.17) is 151 Å². The Morgan fingerprint density at radius 1 is 0.393 bits per heavy atom. The summed E-state index contributed by atoms with van der Waals surface area (Å²) in [6, 6.07) is 31.1. The first-order chi connectivity index (χ1) is 26.1. The molecule has 4 N–H and O–H groups in total. The molecule has 0 unspecified atom stereocenters. The molecule has 4 rings (SSSR count). The van der Waals surface area contributed by atoms with Gasteiger partial charge in [-0.25, -0.2) is 0 Å². The van der Waals surface area contributed by atoms with Crippen molar-refractivity contribution in [2.75, 3.05) is 0 Å². The maximum atomic E-state index is 6.85. The molecule has 0 heterocycles. The van der Waals surface area contributed by atoms with Gasteiger partial charge in [0.2, 0.25) is 0 Å². The van der Waals surface area contributed by atoms with Crippen LogP contribution < -0.4 is 11.5 Å². The summed E-state index contributed by atoms with van der Waals surface area (Å²) in [4.78, 5) is 0. The van der Waals surface area contributed by atoms with Crippen molar-refractivity contribution < 1.29 is 0 Å². The molecule has 0 atom stereocenters. The van der Waals surface area contributed by atoms with Gasteiger partial charge in [-0.2, -0.15) is 0 Å². The van der Waals surface area contributed by atoms with Gasteiger partial charge in [0.25, 0.3) is 0 Å². The van der Waals surface area contributed by atoms with Crippen molar-refractivity contribution in [3.63, 3.8) is 0 Å². The molecular formula is C40H36B2Cl12N2. The number of halogens is 12. The largest absolute Gasteiger partial charge is 0.410 e. The number of rotatable bonds is 15. The first-order valence-corrected chi connectivity index (χ1v) is 21.9. The Bertz CT molecular complexity index is 1730. The second-order valence-corrected chi connectivity index (χ2v) is 23.4. The normalized spacial score (nSPS) is 12.3. The van der Waals surface area contributed by atoms with Crippen LogP contribution in [0.25, 0.3) is 11.1 Å². The van der Waals surface area contributed by atoms with Gasteiger partial charge in [-0.3, -0.25) is 0 Å². The van der Waals surface area contributed by atoms with E-state index in [-0.39, 0.29) is 25.7 Å². The molecule has 0 saturated heterocycles. The third-order valence-electron chi connectivity index (χ3n) is 8.45. The lowest BCUT2D eigenvalue weighted by molar-refractivity contribution is 0.874. The highest BCUT2D eigenvalue weighted by Gasteiger charge is 2.24. The zero-order valence-corrected chi connectivity index (χ0v) is 38.8.